The lowest BCUT2D eigenvalue weighted by Crippen LogP contribution is -1.89. The lowest BCUT2D eigenvalue weighted by molar-refractivity contribution is -0.383. The third-order valence-corrected chi connectivity index (χ3v) is 2.18. The molecule has 4 aromatic rings. The van der Waals surface area contributed by atoms with Crippen molar-refractivity contribution in [3.8, 4) is 0 Å². The van der Waals surface area contributed by atoms with Crippen molar-refractivity contribution in [1.29, 1.82) is 0 Å². The van der Waals surface area contributed by atoms with Crippen LogP contribution in [0.1, 0.15) is 5.89 Å². The molecule has 0 fully saturated rings. The first-order valence-corrected chi connectivity index (χ1v) is 4.86. The summed E-state index contributed by atoms with van der Waals surface area (Å²) in [7, 11) is 0. The number of fused-ring (bicyclic) bond motifs is 3. The van der Waals surface area contributed by atoms with Crippen LogP contribution in [0.5, 0.6) is 0 Å². The first-order chi connectivity index (χ1) is 8.16. The van der Waals surface area contributed by atoms with Crippen LogP contribution in [-0.2, 0) is 0 Å². The lowest BCUT2D eigenvalue weighted by Gasteiger charge is -1.98. The minimum atomic E-state index is -0.359. The van der Waals surface area contributed by atoms with Crippen molar-refractivity contribution in [3.63, 3.8) is 0 Å². The second-order valence-electron chi connectivity index (χ2n) is 3.37. The summed E-state index contributed by atoms with van der Waals surface area (Å²) in [4.78, 5) is 13.7. The molecule has 2 bridgehead atoms. The van der Waals surface area contributed by atoms with E-state index in [0.717, 1.165) is 5.39 Å². The molecule has 6 heteroatoms. The molecule has 1 aromatic heterocycles. The molecule has 0 amide bonds. The number of aryl methyl sites for hydroxylation is 1. The predicted octanol–water partition coefficient (Wildman–Crippen LogP) is 2.56. The molecule has 0 saturated carbocycles. The average molecular weight is 231 g/mol. The Morgan fingerprint density at radius 3 is 2.24 bits per heavy atom. The normalized spacial score (nSPS) is 9.94. The van der Waals surface area contributed by atoms with Gasteiger partial charge in [0.1, 0.15) is 0 Å². The smallest absolute Gasteiger partial charge is 0.277 e. The Labute approximate surface area is 96.4 Å². The van der Waals surface area contributed by atoms with Crippen molar-refractivity contribution in [1.82, 2.24) is 10.1 Å². The Kier molecular flexibility index (Phi) is 2.95. The fourth-order valence-corrected chi connectivity index (χ4v) is 1.38. The van der Waals surface area contributed by atoms with Gasteiger partial charge in [-0.05, 0) is 17.5 Å². The molecule has 3 aromatic carbocycles. The van der Waals surface area contributed by atoms with Gasteiger partial charge in [-0.15, -0.1) is 0 Å². The number of aromatic nitrogens is 2. The second-order valence-corrected chi connectivity index (χ2v) is 3.37. The number of nitro benzene ring substituents is 1. The summed E-state index contributed by atoms with van der Waals surface area (Å²) in [5, 5.41) is 15.3. The highest BCUT2D eigenvalue weighted by Gasteiger charge is 2.09. The fraction of sp³-hybridized carbons (Fsp3) is 0.0909. The largest absolute Gasteiger partial charge is 0.340 e. The molecule has 0 aliphatic heterocycles. The topological polar surface area (TPSA) is 82.1 Å². The van der Waals surface area contributed by atoms with Gasteiger partial charge < -0.3 is 4.52 Å². The van der Waals surface area contributed by atoms with Gasteiger partial charge in [0.15, 0.2) is 6.33 Å². The van der Waals surface area contributed by atoms with Gasteiger partial charge in [-0.3, -0.25) is 10.1 Å². The Morgan fingerprint density at radius 1 is 1.29 bits per heavy atom. The molecule has 0 N–H and O–H groups in total. The number of hydrogen-bond acceptors (Lipinski definition) is 5. The summed E-state index contributed by atoms with van der Waals surface area (Å²) in [6, 6.07) is 8.82. The Balaban J connectivity index is 0.000000153. The number of rotatable bonds is 1. The third-order valence-electron chi connectivity index (χ3n) is 2.18. The number of nitrogens with zero attached hydrogens (tertiary/aromatic N) is 3. The lowest BCUT2D eigenvalue weighted by atomic mass is 10.1. The summed E-state index contributed by atoms with van der Waals surface area (Å²) in [5.74, 6) is 0.606. The molecule has 0 saturated heterocycles. The molecule has 0 radical (unpaired) electrons. The van der Waals surface area contributed by atoms with Crippen LogP contribution < -0.4 is 0 Å². The van der Waals surface area contributed by atoms with Gasteiger partial charge in [0.2, 0.25) is 5.89 Å². The van der Waals surface area contributed by atoms with E-state index in [4.69, 9.17) is 0 Å². The molecule has 1 heterocycles. The molecular formula is C11H9N3O3. The van der Waals surface area contributed by atoms with Crippen LogP contribution in [0.4, 0.5) is 5.69 Å². The number of hydrogen-bond donors (Lipinski definition) is 0. The molecule has 6 nitrogen and oxygen atoms in total. The zero-order chi connectivity index (χ0) is 12.3. The molecule has 86 valence electrons. The van der Waals surface area contributed by atoms with Crippen molar-refractivity contribution >= 4 is 16.5 Å². The van der Waals surface area contributed by atoms with Crippen molar-refractivity contribution in [2.75, 3.05) is 0 Å². The van der Waals surface area contributed by atoms with Crippen LogP contribution in [0.2, 0.25) is 0 Å². The summed E-state index contributed by atoms with van der Waals surface area (Å²) < 4.78 is 4.47. The van der Waals surface area contributed by atoms with Crippen LogP contribution in [0.15, 0.2) is 41.2 Å². The van der Waals surface area contributed by atoms with Gasteiger partial charge in [0.05, 0.1) is 10.3 Å². The highest BCUT2D eigenvalue weighted by Crippen LogP contribution is 2.24. The van der Waals surface area contributed by atoms with Crippen molar-refractivity contribution in [3.05, 3.63) is 52.7 Å². The van der Waals surface area contributed by atoms with E-state index in [0.29, 0.717) is 11.3 Å². The minimum Gasteiger partial charge on any atom is -0.340 e. The highest BCUT2D eigenvalue weighted by molar-refractivity contribution is 5.80. The third kappa shape index (κ3) is 2.54. The Bertz CT molecular complexity index is 587. The van der Waals surface area contributed by atoms with Crippen molar-refractivity contribution < 1.29 is 9.45 Å². The zero-order valence-electron chi connectivity index (χ0n) is 9.03. The molecule has 0 atom stereocenters. The average Bonchev–Trinajstić information content (AvgIpc) is 2.82. The maximum absolute atomic E-state index is 10.4. The van der Waals surface area contributed by atoms with Crippen LogP contribution in [0.25, 0.3) is 10.8 Å². The van der Waals surface area contributed by atoms with Gasteiger partial charge in [-0.2, -0.15) is 4.98 Å². The first kappa shape index (κ1) is 11.0. The zero-order valence-corrected chi connectivity index (χ0v) is 9.03. The van der Waals surface area contributed by atoms with Crippen molar-refractivity contribution in [2.45, 2.75) is 6.92 Å². The van der Waals surface area contributed by atoms with E-state index in [1.54, 1.807) is 25.1 Å². The van der Waals surface area contributed by atoms with Gasteiger partial charge in [-0.1, -0.05) is 17.3 Å². The Morgan fingerprint density at radius 2 is 2.00 bits per heavy atom. The quantitative estimate of drug-likeness (QED) is 0.474. The number of nitro groups is 1. The summed E-state index contributed by atoms with van der Waals surface area (Å²) in [6.07, 6.45) is 1.37. The van der Waals surface area contributed by atoms with E-state index in [1.165, 1.54) is 6.33 Å². The fourth-order valence-electron chi connectivity index (χ4n) is 1.38. The molecule has 0 aliphatic carbocycles. The first-order valence-electron chi connectivity index (χ1n) is 4.86. The van der Waals surface area contributed by atoms with Crippen molar-refractivity contribution in [2.24, 2.45) is 0 Å². The van der Waals surface area contributed by atoms with Crippen LogP contribution in [0, 0.1) is 17.0 Å². The standard InChI is InChI=1S/C8H5NO2.C3H4N2O/c10-9(11)8-5-6-1-3-7(8)4-2-6;1-3-4-2-5-6-3/h1-5H;2H,1H3. The van der Waals surface area contributed by atoms with Gasteiger partial charge in [0, 0.05) is 13.0 Å². The molecule has 0 aliphatic rings. The molecule has 0 spiro atoms. The molecule has 4 rings (SSSR count). The van der Waals surface area contributed by atoms with Gasteiger partial charge in [-0.25, -0.2) is 0 Å². The molecular weight excluding hydrogens is 222 g/mol. The van der Waals surface area contributed by atoms with E-state index < -0.39 is 0 Å². The van der Waals surface area contributed by atoms with Gasteiger partial charge >= 0.3 is 0 Å². The van der Waals surface area contributed by atoms with Gasteiger partial charge in [0.25, 0.3) is 5.69 Å². The maximum Gasteiger partial charge on any atom is 0.277 e. The van der Waals surface area contributed by atoms with E-state index in [9.17, 15) is 10.1 Å². The summed E-state index contributed by atoms with van der Waals surface area (Å²) in [5.41, 5.74) is 0.199. The second kappa shape index (κ2) is 4.56. The summed E-state index contributed by atoms with van der Waals surface area (Å²) >= 11 is 0. The number of benzene rings is 3. The monoisotopic (exact) mass is 231 g/mol. The van der Waals surface area contributed by atoms with E-state index in [-0.39, 0.29) is 10.6 Å². The predicted molar refractivity (Wildman–Crippen MR) is 60.8 cm³/mol. The highest BCUT2D eigenvalue weighted by atomic mass is 16.6. The van der Waals surface area contributed by atoms with Crippen LogP contribution in [0.3, 0.4) is 0 Å². The molecule has 17 heavy (non-hydrogen) atoms. The van der Waals surface area contributed by atoms with E-state index in [2.05, 4.69) is 14.7 Å². The molecule has 0 unspecified atom stereocenters. The van der Waals surface area contributed by atoms with E-state index in [1.807, 2.05) is 12.1 Å². The van der Waals surface area contributed by atoms with E-state index >= 15 is 0 Å². The minimum absolute atomic E-state index is 0.199. The Hall–Kier alpha value is -2.50. The van der Waals surface area contributed by atoms with Crippen LogP contribution in [-0.4, -0.2) is 15.1 Å². The maximum atomic E-state index is 10.4. The SMILES string of the molecule is Cc1ncno1.O=[N+]([O-])c1cc2ccc1cc2. The summed E-state index contributed by atoms with van der Waals surface area (Å²) in [6.45, 7) is 1.74. The number of non-ortho nitro benzene ring substituents is 1. The van der Waals surface area contributed by atoms with Crippen LogP contribution >= 0.6 is 0 Å².